The number of rotatable bonds is 5. The number of benzene rings is 2. The fourth-order valence-electron chi connectivity index (χ4n) is 4.72. The Bertz CT molecular complexity index is 1380. The Morgan fingerprint density at radius 2 is 1.89 bits per heavy atom. The second kappa shape index (κ2) is 9.30. The summed E-state index contributed by atoms with van der Waals surface area (Å²) in [7, 11) is 1.29. The van der Waals surface area contributed by atoms with Gasteiger partial charge in [0.15, 0.2) is 0 Å². The molecule has 8 nitrogen and oxygen atoms in total. The highest BCUT2D eigenvalue weighted by Crippen LogP contribution is 2.41. The summed E-state index contributed by atoms with van der Waals surface area (Å²) in [6.45, 7) is 2.08. The third-order valence-electron chi connectivity index (χ3n) is 6.43. The Hall–Kier alpha value is -4.46. The maximum atomic E-state index is 13.3. The van der Waals surface area contributed by atoms with E-state index in [1.54, 1.807) is 60.9 Å². The number of carbonyl (C=O) groups is 3. The first-order chi connectivity index (χ1) is 17.4. The highest BCUT2D eigenvalue weighted by Gasteiger charge is 2.46. The van der Waals surface area contributed by atoms with Crippen LogP contribution in [-0.4, -0.2) is 45.9 Å². The van der Waals surface area contributed by atoms with Crippen LogP contribution < -0.4 is 4.74 Å². The first kappa shape index (κ1) is 23.3. The van der Waals surface area contributed by atoms with Crippen molar-refractivity contribution in [3.05, 3.63) is 100 Å². The van der Waals surface area contributed by atoms with Crippen molar-refractivity contribution in [2.45, 2.75) is 32.0 Å². The SMILES string of the molecule is COC(=O)c1ccc([C@H]2C(=C(O)c3ccc4c(c3)C[C@@H](C)O4)C(=O)C(=O)N2Cc2cccnc2)cc1. The van der Waals surface area contributed by atoms with Crippen molar-refractivity contribution in [1.82, 2.24) is 9.88 Å². The highest BCUT2D eigenvalue weighted by atomic mass is 16.5. The minimum absolute atomic E-state index is 0.0124. The Kier molecular flexibility index (Phi) is 6.01. The second-order valence-corrected chi connectivity index (χ2v) is 8.86. The molecule has 2 aromatic carbocycles. The van der Waals surface area contributed by atoms with Crippen LogP contribution in [0.4, 0.5) is 0 Å². The van der Waals surface area contributed by atoms with Gasteiger partial charge in [-0.25, -0.2) is 4.79 Å². The van der Waals surface area contributed by atoms with Gasteiger partial charge in [0.25, 0.3) is 11.7 Å². The van der Waals surface area contributed by atoms with Crippen molar-refractivity contribution in [3.8, 4) is 5.75 Å². The number of fused-ring (bicyclic) bond motifs is 1. The Labute approximate surface area is 207 Å². The number of Topliss-reactive ketones (excluding diaryl/α,β-unsaturated/α-hetero) is 1. The number of likely N-dealkylation sites (tertiary alicyclic amines) is 1. The van der Waals surface area contributed by atoms with Gasteiger partial charge < -0.3 is 19.5 Å². The lowest BCUT2D eigenvalue weighted by molar-refractivity contribution is -0.140. The van der Waals surface area contributed by atoms with Gasteiger partial charge in [-0.15, -0.1) is 0 Å². The fraction of sp³-hybridized carbons (Fsp3) is 0.214. The van der Waals surface area contributed by atoms with Crippen LogP contribution in [0.25, 0.3) is 5.76 Å². The van der Waals surface area contributed by atoms with E-state index in [2.05, 4.69) is 4.98 Å². The van der Waals surface area contributed by atoms with E-state index in [1.165, 1.54) is 12.0 Å². The Morgan fingerprint density at radius 1 is 1.14 bits per heavy atom. The van der Waals surface area contributed by atoms with Crippen molar-refractivity contribution < 1.29 is 29.0 Å². The summed E-state index contributed by atoms with van der Waals surface area (Å²) in [5.41, 5.74) is 2.99. The molecule has 0 aliphatic carbocycles. The lowest BCUT2D eigenvalue weighted by Gasteiger charge is -2.25. The summed E-state index contributed by atoms with van der Waals surface area (Å²) in [6, 6.07) is 14.4. The smallest absolute Gasteiger partial charge is 0.337 e. The first-order valence-corrected chi connectivity index (χ1v) is 11.5. The van der Waals surface area contributed by atoms with E-state index in [9.17, 15) is 19.5 Å². The Balaban J connectivity index is 1.62. The number of aliphatic hydroxyl groups is 1. The number of methoxy groups -OCH3 is 1. The predicted octanol–water partition coefficient (Wildman–Crippen LogP) is 3.81. The number of esters is 1. The first-order valence-electron chi connectivity index (χ1n) is 11.5. The molecule has 0 bridgehead atoms. The van der Waals surface area contributed by atoms with E-state index in [0.29, 0.717) is 23.1 Å². The molecule has 1 fully saturated rings. The number of nitrogens with zero attached hydrogens (tertiary/aromatic N) is 2. The van der Waals surface area contributed by atoms with Crippen LogP contribution in [0.15, 0.2) is 72.6 Å². The molecule has 0 radical (unpaired) electrons. The van der Waals surface area contributed by atoms with Gasteiger partial charge in [-0.05, 0) is 60.0 Å². The summed E-state index contributed by atoms with van der Waals surface area (Å²) in [6.07, 6.45) is 3.96. The van der Waals surface area contributed by atoms with E-state index in [4.69, 9.17) is 9.47 Å². The molecule has 0 saturated carbocycles. The van der Waals surface area contributed by atoms with Crippen LogP contribution in [-0.2, 0) is 27.3 Å². The number of hydrogen-bond donors (Lipinski definition) is 1. The van der Waals surface area contributed by atoms with Crippen molar-refractivity contribution in [2.75, 3.05) is 7.11 Å². The Morgan fingerprint density at radius 3 is 2.58 bits per heavy atom. The van der Waals surface area contributed by atoms with Crippen molar-refractivity contribution in [3.63, 3.8) is 0 Å². The van der Waals surface area contributed by atoms with Gasteiger partial charge >= 0.3 is 5.97 Å². The summed E-state index contributed by atoms with van der Waals surface area (Å²) in [5, 5.41) is 11.4. The molecule has 1 saturated heterocycles. The van der Waals surface area contributed by atoms with Crippen LogP contribution in [0.5, 0.6) is 5.75 Å². The molecular weight excluding hydrogens is 460 g/mol. The molecule has 3 aromatic rings. The van der Waals surface area contributed by atoms with Crippen LogP contribution in [0.2, 0.25) is 0 Å². The lowest BCUT2D eigenvalue weighted by atomic mass is 9.94. The standard InChI is InChI=1S/C28H24N2O6/c1-16-12-21-13-20(9-10-22(21)36-16)25(31)23-24(18-5-7-19(8-6-18)28(34)35-2)30(27(33)26(23)32)15-17-4-3-11-29-14-17/h3-11,13-14,16,24,31H,12,15H2,1-2H3/t16-,24+/m1/s1. The average molecular weight is 485 g/mol. The van der Waals surface area contributed by atoms with E-state index in [1.807, 2.05) is 13.0 Å². The number of aromatic nitrogens is 1. The summed E-state index contributed by atoms with van der Waals surface area (Å²) >= 11 is 0. The number of hydrogen-bond acceptors (Lipinski definition) is 7. The third kappa shape index (κ3) is 4.11. The largest absolute Gasteiger partial charge is 0.507 e. The van der Waals surface area contributed by atoms with Gasteiger partial charge in [0.05, 0.1) is 24.3 Å². The molecule has 2 aliphatic rings. The molecule has 36 heavy (non-hydrogen) atoms. The number of aliphatic hydroxyl groups excluding tert-OH is 1. The molecule has 2 atom stereocenters. The van der Waals surface area contributed by atoms with Crippen molar-refractivity contribution in [2.24, 2.45) is 0 Å². The van der Waals surface area contributed by atoms with E-state index in [0.717, 1.165) is 16.9 Å². The molecule has 8 heteroatoms. The zero-order valence-corrected chi connectivity index (χ0v) is 19.8. The molecule has 182 valence electrons. The van der Waals surface area contributed by atoms with E-state index < -0.39 is 23.7 Å². The number of carbonyl (C=O) groups excluding carboxylic acids is 3. The number of ketones is 1. The van der Waals surface area contributed by atoms with Crippen LogP contribution in [0, 0.1) is 0 Å². The van der Waals surface area contributed by atoms with Gasteiger partial charge in [-0.1, -0.05) is 18.2 Å². The number of amides is 1. The van der Waals surface area contributed by atoms with Crippen LogP contribution in [0.1, 0.15) is 45.6 Å². The summed E-state index contributed by atoms with van der Waals surface area (Å²) in [4.78, 5) is 43.9. The monoisotopic (exact) mass is 484 g/mol. The number of pyridine rings is 1. The summed E-state index contributed by atoms with van der Waals surface area (Å²) in [5.74, 6) is -1.51. The van der Waals surface area contributed by atoms with Crippen LogP contribution >= 0.6 is 0 Å². The van der Waals surface area contributed by atoms with Crippen LogP contribution in [0.3, 0.4) is 0 Å². The second-order valence-electron chi connectivity index (χ2n) is 8.86. The lowest BCUT2D eigenvalue weighted by Crippen LogP contribution is -2.29. The molecule has 1 N–H and O–H groups in total. The van der Waals surface area contributed by atoms with E-state index in [-0.39, 0.29) is 24.0 Å². The van der Waals surface area contributed by atoms with E-state index >= 15 is 0 Å². The normalized spacial score (nSPS) is 20.2. The quantitative estimate of drug-likeness (QED) is 0.254. The topological polar surface area (TPSA) is 106 Å². The maximum Gasteiger partial charge on any atom is 0.337 e. The maximum absolute atomic E-state index is 13.3. The minimum Gasteiger partial charge on any atom is -0.507 e. The third-order valence-corrected chi connectivity index (χ3v) is 6.43. The van der Waals surface area contributed by atoms with Crippen molar-refractivity contribution in [1.29, 1.82) is 0 Å². The predicted molar refractivity (Wildman–Crippen MR) is 130 cm³/mol. The van der Waals surface area contributed by atoms with Gasteiger partial charge in [-0.2, -0.15) is 0 Å². The minimum atomic E-state index is -0.861. The zero-order chi connectivity index (χ0) is 25.4. The molecule has 3 heterocycles. The molecular formula is C28H24N2O6. The van der Waals surface area contributed by atoms with Crippen molar-refractivity contribution >= 4 is 23.4 Å². The zero-order valence-electron chi connectivity index (χ0n) is 19.8. The van der Waals surface area contributed by atoms with Gasteiger partial charge in [0, 0.05) is 30.9 Å². The molecule has 2 aliphatic heterocycles. The molecule has 5 rings (SSSR count). The molecule has 0 spiro atoms. The highest BCUT2D eigenvalue weighted by molar-refractivity contribution is 6.46. The van der Waals surface area contributed by atoms with Gasteiger partial charge in [-0.3, -0.25) is 14.6 Å². The average Bonchev–Trinajstić information content (AvgIpc) is 3.39. The molecule has 1 aromatic heterocycles. The van der Waals surface area contributed by atoms with Gasteiger partial charge in [0.2, 0.25) is 0 Å². The molecule has 0 unspecified atom stereocenters. The van der Waals surface area contributed by atoms with Gasteiger partial charge in [0.1, 0.15) is 17.6 Å². The molecule has 1 amide bonds. The number of ether oxygens (including phenoxy) is 2. The summed E-state index contributed by atoms with van der Waals surface area (Å²) < 4.78 is 10.5. The fourth-order valence-corrected chi connectivity index (χ4v) is 4.72.